The van der Waals surface area contributed by atoms with Gasteiger partial charge in [-0.2, -0.15) is 0 Å². The van der Waals surface area contributed by atoms with Crippen molar-refractivity contribution in [2.45, 2.75) is 46.1 Å². The second-order valence-corrected chi connectivity index (χ2v) is 8.64. The van der Waals surface area contributed by atoms with Gasteiger partial charge < -0.3 is 10.6 Å². The van der Waals surface area contributed by atoms with Gasteiger partial charge in [-0.25, -0.2) is 4.98 Å². The van der Waals surface area contributed by atoms with Gasteiger partial charge in [-0.05, 0) is 61.6 Å². The summed E-state index contributed by atoms with van der Waals surface area (Å²) in [6.45, 7) is 4.85. The van der Waals surface area contributed by atoms with Crippen molar-refractivity contribution in [2.24, 2.45) is 5.92 Å². The van der Waals surface area contributed by atoms with Gasteiger partial charge in [0.05, 0.1) is 10.6 Å². The van der Waals surface area contributed by atoms with E-state index in [4.69, 9.17) is 0 Å². The van der Waals surface area contributed by atoms with E-state index in [1.54, 1.807) is 11.3 Å². The van der Waals surface area contributed by atoms with Gasteiger partial charge in [0.15, 0.2) is 5.13 Å². The minimum absolute atomic E-state index is 0.117. The highest BCUT2D eigenvalue weighted by atomic mass is 32.1. The molecule has 1 aromatic carbocycles. The van der Waals surface area contributed by atoms with E-state index in [0.717, 1.165) is 54.0 Å². The molecule has 0 bridgehead atoms. The van der Waals surface area contributed by atoms with E-state index < -0.39 is 0 Å². The van der Waals surface area contributed by atoms with Crippen LogP contribution in [0, 0.1) is 19.8 Å². The summed E-state index contributed by atoms with van der Waals surface area (Å²) in [7, 11) is 0. The first-order valence-corrected chi connectivity index (χ1v) is 10.9. The van der Waals surface area contributed by atoms with Crippen molar-refractivity contribution in [1.29, 1.82) is 0 Å². The Bertz CT molecular complexity index is 993. The van der Waals surface area contributed by atoms with Crippen LogP contribution in [-0.4, -0.2) is 15.9 Å². The molecule has 1 aliphatic carbocycles. The summed E-state index contributed by atoms with van der Waals surface area (Å²) < 4.78 is 0. The molecule has 4 rings (SSSR count). The number of amides is 1. The summed E-state index contributed by atoms with van der Waals surface area (Å²) in [5.41, 5.74) is 5.55. The van der Waals surface area contributed by atoms with Crippen LogP contribution in [-0.2, 0) is 11.3 Å². The zero-order chi connectivity index (χ0) is 20.2. The van der Waals surface area contributed by atoms with Gasteiger partial charge in [-0.1, -0.05) is 36.3 Å². The second kappa shape index (κ2) is 8.74. The molecule has 5 nitrogen and oxygen atoms in total. The zero-order valence-electron chi connectivity index (χ0n) is 16.9. The number of aromatic nitrogens is 2. The summed E-state index contributed by atoms with van der Waals surface area (Å²) in [6, 6.07) is 10.4. The van der Waals surface area contributed by atoms with Crippen molar-refractivity contribution in [3.8, 4) is 10.4 Å². The molecule has 1 saturated carbocycles. The zero-order valence-corrected chi connectivity index (χ0v) is 17.7. The third-order valence-corrected chi connectivity index (χ3v) is 6.61. The number of pyridine rings is 1. The molecule has 6 heteroatoms. The molecule has 0 unspecified atom stereocenters. The van der Waals surface area contributed by atoms with Gasteiger partial charge in [0.1, 0.15) is 0 Å². The first kappa shape index (κ1) is 19.6. The molecular formula is C23H26N4OS. The van der Waals surface area contributed by atoms with E-state index >= 15 is 0 Å². The Hall–Kier alpha value is -2.73. The Morgan fingerprint density at radius 3 is 2.66 bits per heavy atom. The standard InChI is InChI=1S/C23H26N4OS/c1-15-7-8-19(13-20(15)25-14-17-9-11-24-12-10-17)21-16(2)26-23(29-21)27-22(28)18-5-3-4-6-18/h7-13,18,25H,3-6,14H2,1-2H3,(H,26,27,28). The molecule has 1 fully saturated rings. The first-order valence-electron chi connectivity index (χ1n) is 10.1. The van der Waals surface area contributed by atoms with Gasteiger partial charge in [0.25, 0.3) is 0 Å². The number of rotatable bonds is 6. The van der Waals surface area contributed by atoms with E-state index in [2.05, 4.69) is 45.7 Å². The summed E-state index contributed by atoms with van der Waals surface area (Å²) in [5.74, 6) is 0.262. The Morgan fingerprint density at radius 2 is 1.90 bits per heavy atom. The molecule has 0 saturated heterocycles. The molecule has 2 heterocycles. The molecule has 29 heavy (non-hydrogen) atoms. The molecule has 1 aliphatic rings. The topological polar surface area (TPSA) is 66.9 Å². The lowest BCUT2D eigenvalue weighted by molar-refractivity contribution is -0.119. The summed E-state index contributed by atoms with van der Waals surface area (Å²) in [5, 5.41) is 7.25. The Balaban J connectivity index is 1.50. The van der Waals surface area contributed by atoms with Gasteiger partial charge in [0, 0.05) is 30.5 Å². The quantitative estimate of drug-likeness (QED) is 0.562. The Kier molecular flexibility index (Phi) is 5.90. The number of nitrogens with one attached hydrogen (secondary N) is 2. The Morgan fingerprint density at radius 1 is 1.14 bits per heavy atom. The van der Waals surface area contributed by atoms with Crippen LogP contribution < -0.4 is 10.6 Å². The molecule has 0 spiro atoms. The van der Waals surface area contributed by atoms with E-state index in [-0.39, 0.29) is 11.8 Å². The maximum atomic E-state index is 12.4. The fraction of sp³-hybridized carbons (Fsp3) is 0.348. The molecular weight excluding hydrogens is 380 g/mol. The predicted octanol–water partition coefficient (Wildman–Crippen LogP) is 5.56. The lowest BCUT2D eigenvalue weighted by atomic mass is 10.1. The van der Waals surface area contributed by atoms with Gasteiger partial charge >= 0.3 is 0 Å². The fourth-order valence-corrected chi connectivity index (χ4v) is 4.73. The highest BCUT2D eigenvalue weighted by Gasteiger charge is 2.23. The highest BCUT2D eigenvalue weighted by Crippen LogP contribution is 2.35. The number of thiazole rings is 1. The van der Waals surface area contributed by atoms with Crippen LogP contribution in [0.2, 0.25) is 0 Å². The van der Waals surface area contributed by atoms with Crippen LogP contribution in [0.25, 0.3) is 10.4 Å². The van der Waals surface area contributed by atoms with Crippen LogP contribution >= 0.6 is 11.3 Å². The number of benzene rings is 1. The lowest BCUT2D eigenvalue weighted by Crippen LogP contribution is -2.20. The monoisotopic (exact) mass is 406 g/mol. The number of nitrogens with zero attached hydrogens (tertiary/aromatic N) is 2. The van der Waals surface area contributed by atoms with Crippen molar-refractivity contribution in [3.63, 3.8) is 0 Å². The molecule has 0 atom stereocenters. The third kappa shape index (κ3) is 4.65. The summed E-state index contributed by atoms with van der Waals surface area (Å²) >= 11 is 1.55. The van der Waals surface area contributed by atoms with Crippen LogP contribution in [0.3, 0.4) is 0 Å². The number of hydrogen-bond acceptors (Lipinski definition) is 5. The number of anilines is 2. The molecule has 150 valence electrons. The second-order valence-electron chi connectivity index (χ2n) is 7.64. The molecule has 1 amide bonds. The van der Waals surface area contributed by atoms with E-state index in [1.165, 1.54) is 11.1 Å². The fourth-order valence-electron chi connectivity index (χ4n) is 3.76. The van der Waals surface area contributed by atoms with Crippen molar-refractivity contribution in [3.05, 3.63) is 59.5 Å². The SMILES string of the molecule is Cc1ccc(-c2sc(NC(=O)C3CCCC3)nc2C)cc1NCc1ccncc1. The number of carbonyl (C=O) groups is 1. The Labute approximate surface area is 175 Å². The van der Waals surface area contributed by atoms with Crippen molar-refractivity contribution >= 4 is 28.1 Å². The minimum Gasteiger partial charge on any atom is -0.381 e. The highest BCUT2D eigenvalue weighted by molar-refractivity contribution is 7.19. The largest absolute Gasteiger partial charge is 0.381 e. The first-order chi connectivity index (χ1) is 14.1. The van der Waals surface area contributed by atoms with Crippen LogP contribution in [0.4, 0.5) is 10.8 Å². The van der Waals surface area contributed by atoms with E-state index in [0.29, 0.717) is 5.13 Å². The maximum Gasteiger partial charge on any atom is 0.229 e. The minimum atomic E-state index is 0.117. The summed E-state index contributed by atoms with van der Waals surface area (Å²) in [4.78, 5) is 22.2. The molecule has 3 aromatic rings. The average Bonchev–Trinajstić information content (AvgIpc) is 3.38. The molecule has 0 radical (unpaired) electrons. The van der Waals surface area contributed by atoms with Gasteiger partial charge in [-0.15, -0.1) is 0 Å². The van der Waals surface area contributed by atoms with Crippen molar-refractivity contribution in [2.75, 3.05) is 10.6 Å². The smallest absolute Gasteiger partial charge is 0.229 e. The van der Waals surface area contributed by atoms with E-state index in [9.17, 15) is 4.79 Å². The predicted molar refractivity (Wildman–Crippen MR) is 119 cm³/mol. The van der Waals surface area contributed by atoms with Crippen molar-refractivity contribution in [1.82, 2.24) is 9.97 Å². The maximum absolute atomic E-state index is 12.4. The van der Waals surface area contributed by atoms with Crippen LogP contribution in [0.5, 0.6) is 0 Å². The number of aryl methyl sites for hydroxylation is 2. The third-order valence-electron chi connectivity index (χ3n) is 5.48. The van der Waals surface area contributed by atoms with Gasteiger partial charge in [0.2, 0.25) is 5.91 Å². The lowest BCUT2D eigenvalue weighted by Gasteiger charge is -2.11. The van der Waals surface area contributed by atoms with Gasteiger partial charge in [-0.3, -0.25) is 9.78 Å². The summed E-state index contributed by atoms with van der Waals surface area (Å²) in [6.07, 6.45) is 7.91. The molecule has 2 aromatic heterocycles. The number of hydrogen-bond donors (Lipinski definition) is 2. The van der Waals surface area contributed by atoms with Crippen LogP contribution in [0.1, 0.15) is 42.5 Å². The molecule has 0 aliphatic heterocycles. The normalized spacial score (nSPS) is 14.1. The molecule has 2 N–H and O–H groups in total. The van der Waals surface area contributed by atoms with Crippen LogP contribution in [0.15, 0.2) is 42.7 Å². The average molecular weight is 407 g/mol. The van der Waals surface area contributed by atoms with E-state index in [1.807, 2.05) is 31.5 Å². The van der Waals surface area contributed by atoms with Crippen molar-refractivity contribution < 1.29 is 4.79 Å². The number of carbonyl (C=O) groups excluding carboxylic acids is 1.